The highest BCUT2D eigenvalue weighted by Crippen LogP contribution is 2.43. The molecule has 1 fully saturated rings. The number of nitro groups is 1. The molecule has 1 heterocycles. The molecule has 0 aromatic heterocycles. The minimum Gasteiger partial charge on any atom is -0.502 e. The van der Waals surface area contributed by atoms with Gasteiger partial charge in [-0.15, -0.1) is 0 Å². The second-order valence-electron chi connectivity index (χ2n) is 5.43. The third-order valence-electron chi connectivity index (χ3n) is 3.80. The Kier molecular flexibility index (Phi) is 4.34. The van der Waals surface area contributed by atoms with Crippen LogP contribution in [0.2, 0.25) is 0 Å². The van der Waals surface area contributed by atoms with E-state index in [2.05, 4.69) is 0 Å². The van der Waals surface area contributed by atoms with Gasteiger partial charge in [-0.2, -0.15) is 13.2 Å². The summed E-state index contributed by atoms with van der Waals surface area (Å²) in [5.74, 6) is -4.08. The molecule has 2 rings (SSSR count). The number of aromatic hydroxyl groups is 1. The summed E-state index contributed by atoms with van der Waals surface area (Å²) in [4.78, 5) is 33.3. The first kappa shape index (κ1) is 18.4. The van der Waals surface area contributed by atoms with Gasteiger partial charge in [-0.05, 0) is 18.6 Å². The molecule has 0 radical (unpaired) electrons. The van der Waals surface area contributed by atoms with Gasteiger partial charge in [-0.1, -0.05) is 6.07 Å². The van der Waals surface area contributed by atoms with Gasteiger partial charge in [0.05, 0.1) is 16.9 Å². The second-order valence-corrected chi connectivity index (χ2v) is 5.43. The van der Waals surface area contributed by atoms with Crippen molar-refractivity contribution in [1.29, 1.82) is 0 Å². The molecule has 0 saturated carbocycles. The van der Waals surface area contributed by atoms with E-state index in [4.69, 9.17) is 0 Å². The van der Waals surface area contributed by atoms with Crippen molar-refractivity contribution in [3.63, 3.8) is 0 Å². The quantitative estimate of drug-likeness (QED) is 0.468. The van der Waals surface area contributed by atoms with Crippen LogP contribution in [0, 0.1) is 16.0 Å². The van der Waals surface area contributed by atoms with Crippen molar-refractivity contribution in [1.82, 2.24) is 10.6 Å². The molecule has 1 aromatic rings. The zero-order chi connectivity index (χ0) is 19.2. The summed E-state index contributed by atoms with van der Waals surface area (Å²) >= 11 is 0. The number of rotatable bonds is 3. The number of halogens is 3. The normalized spacial score (nSPS) is 26.5. The van der Waals surface area contributed by atoms with Crippen molar-refractivity contribution in [2.24, 2.45) is 5.92 Å². The van der Waals surface area contributed by atoms with E-state index in [0.29, 0.717) is 0 Å². The largest absolute Gasteiger partial charge is 0.502 e. The predicted octanol–water partition coefficient (Wildman–Crippen LogP) is 1.11. The first-order valence-corrected chi connectivity index (χ1v) is 6.74. The number of phenolic OH excluding ortho intramolecular Hbond substituents is 1. The van der Waals surface area contributed by atoms with E-state index in [1.807, 2.05) is 5.32 Å². The summed E-state index contributed by atoms with van der Waals surface area (Å²) in [6, 6.07) is -0.565. The number of ketones is 1. The van der Waals surface area contributed by atoms with E-state index in [1.165, 1.54) is 5.32 Å². The van der Waals surface area contributed by atoms with E-state index < -0.39 is 52.0 Å². The average Bonchev–Trinajstić information content (AvgIpc) is 2.44. The second kappa shape index (κ2) is 5.88. The molecule has 4 N–H and O–H groups in total. The molecular weight excluding hydrogens is 351 g/mol. The molecule has 1 aliphatic rings. The van der Waals surface area contributed by atoms with E-state index in [1.54, 1.807) is 0 Å². The van der Waals surface area contributed by atoms with E-state index in [-0.39, 0.29) is 5.56 Å². The van der Waals surface area contributed by atoms with Crippen molar-refractivity contribution in [2.45, 2.75) is 24.9 Å². The zero-order valence-corrected chi connectivity index (χ0v) is 12.5. The number of carbonyl (C=O) groups is 2. The highest BCUT2D eigenvalue weighted by Gasteiger charge is 2.65. The molecule has 1 aliphatic heterocycles. The topological polar surface area (TPSA) is 142 Å². The minimum atomic E-state index is -5.39. The number of phenols is 1. The highest BCUT2D eigenvalue weighted by molar-refractivity contribution is 5.86. The highest BCUT2D eigenvalue weighted by atomic mass is 19.4. The number of amides is 2. The molecular formula is C13H12F3N3O6. The average molecular weight is 363 g/mol. The van der Waals surface area contributed by atoms with Crippen LogP contribution < -0.4 is 10.6 Å². The maximum atomic E-state index is 13.3. The van der Waals surface area contributed by atoms with Crippen molar-refractivity contribution < 1.29 is 37.9 Å². The standard InChI is InChI=1S/C13H12F3N3O6/c1-5(20)9-10(6-2-3-8(21)7(4-6)19(24)25)17-11(22)18-12(9,23)13(14,15)16/h2-4,9-10,21,23H,1H3,(H2,17,18,22)/t9-,10+,12-/m1/s1. The monoisotopic (exact) mass is 363 g/mol. The van der Waals surface area contributed by atoms with Gasteiger partial charge in [0.1, 0.15) is 5.78 Å². The number of benzene rings is 1. The number of nitrogens with zero attached hydrogens (tertiary/aromatic N) is 1. The SMILES string of the molecule is CC(=O)[C@@H]1[C@H](c2ccc(O)c([N+](=O)[O-])c2)NC(=O)N[C@]1(O)C(F)(F)F. The molecule has 1 saturated heterocycles. The Morgan fingerprint density at radius 3 is 2.48 bits per heavy atom. The number of nitro benzene ring substituents is 1. The molecule has 136 valence electrons. The van der Waals surface area contributed by atoms with Gasteiger partial charge in [-0.3, -0.25) is 14.9 Å². The Bertz CT molecular complexity index is 753. The third-order valence-corrected chi connectivity index (χ3v) is 3.80. The van der Waals surface area contributed by atoms with Crippen LogP contribution in [-0.4, -0.2) is 38.9 Å². The molecule has 9 nitrogen and oxygen atoms in total. The molecule has 12 heteroatoms. The lowest BCUT2D eigenvalue weighted by molar-refractivity contribution is -0.386. The van der Waals surface area contributed by atoms with Crippen LogP contribution in [-0.2, 0) is 4.79 Å². The first-order chi connectivity index (χ1) is 11.4. The van der Waals surface area contributed by atoms with Crippen LogP contribution in [0.5, 0.6) is 5.75 Å². The molecule has 1 aromatic carbocycles. The van der Waals surface area contributed by atoms with Crippen molar-refractivity contribution in [3.8, 4) is 5.75 Å². The fourth-order valence-electron chi connectivity index (χ4n) is 2.68. The van der Waals surface area contributed by atoms with Crippen LogP contribution in [0.25, 0.3) is 0 Å². The molecule has 25 heavy (non-hydrogen) atoms. The molecule has 3 atom stereocenters. The fourth-order valence-corrected chi connectivity index (χ4v) is 2.68. The van der Waals surface area contributed by atoms with Gasteiger partial charge < -0.3 is 20.8 Å². The number of hydrogen-bond donors (Lipinski definition) is 4. The molecule has 0 spiro atoms. The molecule has 0 bridgehead atoms. The summed E-state index contributed by atoms with van der Waals surface area (Å²) < 4.78 is 39.8. The third kappa shape index (κ3) is 3.07. The summed E-state index contributed by atoms with van der Waals surface area (Å²) in [5.41, 5.74) is -4.95. The number of aliphatic hydroxyl groups is 1. The van der Waals surface area contributed by atoms with Crippen molar-refractivity contribution >= 4 is 17.5 Å². The Balaban J connectivity index is 2.62. The number of hydrogen-bond acceptors (Lipinski definition) is 6. The van der Waals surface area contributed by atoms with Gasteiger partial charge in [0.2, 0.25) is 5.72 Å². The lowest BCUT2D eigenvalue weighted by Crippen LogP contribution is -2.72. The molecule has 2 amide bonds. The van der Waals surface area contributed by atoms with Gasteiger partial charge in [-0.25, -0.2) is 4.79 Å². The predicted molar refractivity (Wildman–Crippen MR) is 74.3 cm³/mol. The Hall–Kier alpha value is -2.89. The maximum absolute atomic E-state index is 13.3. The summed E-state index contributed by atoms with van der Waals surface area (Å²) in [6.07, 6.45) is -5.39. The van der Waals surface area contributed by atoms with E-state index in [9.17, 15) is 43.1 Å². The number of nitrogens with one attached hydrogen (secondary N) is 2. The zero-order valence-electron chi connectivity index (χ0n) is 12.5. The number of carbonyl (C=O) groups excluding carboxylic acids is 2. The summed E-state index contributed by atoms with van der Waals surface area (Å²) in [7, 11) is 0. The van der Waals surface area contributed by atoms with Crippen LogP contribution in [0.1, 0.15) is 18.5 Å². The molecule has 0 unspecified atom stereocenters. The lowest BCUT2D eigenvalue weighted by atomic mass is 9.79. The maximum Gasteiger partial charge on any atom is 0.437 e. The van der Waals surface area contributed by atoms with Crippen molar-refractivity contribution in [3.05, 3.63) is 33.9 Å². The Morgan fingerprint density at radius 1 is 1.40 bits per heavy atom. The van der Waals surface area contributed by atoms with E-state index >= 15 is 0 Å². The minimum absolute atomic E-state index is 0.262. The number of urea groups is 1. The van der Waals surface area contributed by atoms with Crippen LogP contribution in [0.15, 0.2) is 18.2 Å². The van der Waals surface area contributed by atoms with Gasteiger partial charge >= 0.3 is 17.9 Å². The van der Waals surface area contributed by atoms with Gasteiger partial charge in [0.15, 0.2) is 5.75 Å². The first-order valence-electron chi connectivity index (χ1n) is 6.74. The lowest BCUT2D eigenvalue weighted by Gasteiger charge is -2.44. The fraction of sp³-hybridized carbons (Fsp3) is 0.385. The summed E-state index contributed by atoms with van der Waals surface area (Å²) in [5, 5.41) is 33.6. The smallest absolute Gasteiger partial charge is 0.437 e. The Morgan fingerprint density at radius 2 is 2.00 bits per heavy atom. The van der Waals surface area contributed by atoms with Crippen LogP contribution in [0.4, 0.5) is 23.7 Å². The van der Waals surface area contributed by atoms with Crippen molar-refractivity contribution in [2.75, 3.05) is 0 Å². The Labute approximate surface area is 137 Å². The van der Waals surface area contributed by atoms with Gasteiger partial charge in [0, 0.05) is 6.07 Å². The van der Waals surface area contributed by atoms with E-state index in [0.717, 1.165) is 25.1 Å². The molecule has 0 aliphatic carbocycles. The summed E-state index contributed by atoms with van der Waals surface area (Å²) in [6.45, 7) is 0.780. The number of Topliss-reactive ketones (excluding diaryl/α,β-unsaturated/α-hetero) is 1. The van der Waals surface area contributed by atoms with Crippen LogP contribution >= 0.6 is 0 Å². The van der Waals surface area contributed by atoms with Gasteiger partial charge in [0.25, 0.3) is 0 Å². The number of alkyl halides is 3. The van der Waals surface area contributed by atoms with Crippen LogP contribution in [0.3, 0.4) is 0 Å².